The van der Waals surface area contributed by atoms with Crippen molar-refractivity contribution in [3.05, 3.63) is 63.8 Å². The Kier molecular flexibility index (Phi) is 3.66. The van der Waals surface area contributed by atoms with E-state index >= 15 is 0 Å². The first-order valence-electron chi connectivity index (χ1n) is 5.86. The van der Waals surface area contributed by atoms with Crippen LogP contribution in [0.15, 0.2) is 58.9 Å². The van der Waals surface area contributed by atoms with Crippen LogP contribution >= 0.6 is 27.3 Å². The lowest BCUT2D eigenvalue weighted by Crippen LogP contribution is -1.98. The quantitative estimate of drug-likeness (QED) is 0.771. The predicted molar refractivity (Wildman–Crippen MR) is 82.9 cm³/mol. The van der Waals surface area contributed by atoms with Gasteiger partial charge >= 0.3 is 0 Å². The standard InChI is InChI=1S/C14H12BrN3S/c15-11-6-14(19-9-11)8-17-12-2-1-3-13(7-12)18-5-4-16-10-18/h1-7,9-10,17H,8H2. The van der Waals surface area contributed by atoms with Crippen LogP contribution in [-0.2, 0) is 6.54 Å². The molecule has 3 nitrogen and oxygen atoms in total. The number of imidazole rings is 1. The van der Waals surface area contributed by atoms with Gasteiger partial charge in [-0.2, -0.15) is 0 Å². The van der Waals surface area contributed by atoms with Crippen molar-refractivity contribution < 1.29 is 0 Å². The van der Waals surface area contributed by atoms with E-state index in [2.05, 4.69) is 55.9 Å². The van der Waals surface area contributed by atoms with Crippen LogP contribution in [-0.4, -0.2) is 9.55 Å². The summed E-state index contributed by atoms with van der Waals surface area (Å²) in [7, 11) is 0. The number of aromatic nitrogens is 2. The lowest BCUT2D eigenvalue weighted by atomic mass is 10.2. The molecule has 0 atom stereocenters. The van der Waals surface area contributed by atoms with Crippen molar-refractivity contribution in [2.24, 2.45) is 0 Å². The number of hydrogen-bond donors (Lipinski definition) is 1. The van der Waals surface area contributed by atoms with Crippen LogP contribution in [0.4, 0.5) is 5.69 Å². The maximum absolute atomic E-state index is 4.06. The highest BCUT2D eigenvalue weighted by molar-refractivity contribution is 9.10. The fourth-order valence-electron chi connectivity index (χ4n) is 1.82. The molecule has 0 saturated heterocycles. The summed E-state index contributed by atoms with van der Waals surface area (Å²) in [6, 6.07) is 10.4. The Labute approximate surface area is 124 Å². The van der Waals surface area contributed by atoms with E-state index in [0.717, 1.165) is 22.4 Å². The van der Waals surface area contributed by atoms with Crippen molar-refractivity contribution in [1.29, 1.82) is 0 Å². The number of rotatable bonds is 4. The van der Waals surface area contributed by atoms with Crippen LogP contribution in [0.2, 0.25) is 0 Å². The molecule has 0 aliphatic heterocycles. The van der Waals surface area contributed by atoms with Gasteiger partial charge in [0.2, 0.25) is 0 Å². The Bertz CT molecular complexity index is 661. The third kappa shape index (κ3) is 3.05. The number of hydrogen-bond acceptors (Lipinski definition) is 3. The zero-order valence-corrected chi connectivity index (χ0v) is 12.5. The highest BCUT2D eigenvalue weighted by Crippen LogP contribution is 2.21. The first-order chi connectivity index (χ1) is 9.31. The van der Waals surface area contributed by atoms with Gasteiger partial charge in [0, 0.05) is 45.0 Å². The summed E-state index contributed by atoms with van der Waals surface area (Å²) in [4.78, 5) is 5.37. The van der Waals surface area contributed by atoms with E-state index in [4.69, 9.17) is 0 Å². The molecular weight excluding hydrogens is 322 g/mol. The minimum Gasteiger partial charge on any atom is -0.380 e. The Morgan fingerprint density at radius 3 is 3.00 bits per heavy atom. The summed E-state index contributed by atoms with van der Waals surface area (Å²) in [5, 5.41) is 5.53. The van der Waals surface area contributed by atoms with E-state index in [1.165, 1.54) is 4.88 Å². The molecule has 2 heterocycles. The first-order valence-corrected chi connectivity index (χ1v) is 7.54. The molecular formula is C14H12BrN3S. The van der Waals surface area contributed by atoms with Crippen molar-refractivity contribution in [3.8, 4) is 5.69 Å². The molecule has 0 radical (unpaired) electrons. The van der Waals surface area contributed by atoms with Crippen molar-refractivity contribution in [2.75, 3.05) is 5.32 Å². The summed E-state index contributed by atoms with van der Waals surface area (Å²) in [6.07, 6.45) is 5.52. The van der Waals surface area contributed by atoms with E-state index in [1.807, 2.05) is 16.8 Å². The molecule has 0 amide bonds. The van der Waals surface area contributed by atoms with Gasteiger partial charge in [0.05, 0.1) is 6.33 Å². The summed E-state index contributed by atoms with van der Waals surface area (Å²) in [6.45, 7) is 0.837. The molecule has 0 spiro atoms. The number of thiophene rings is 1. The average molecular weight is 334 g/mol. The van der Waals surface area contributed by atoms with E-state index in [9.17, 15) is 0 Å². The fraction of sp³-hybridized carbons (Fsp3) is 0.0714. The molecule has 19 heavy (non-hydrogen) atoms. The van der Waals surface area contributed by atoms with Gasteiger partial charge < -0.3 is 9.88 Å². The van der Waals surface area contributed by atoms with E-state index in [0.29, 0.717) is 0 Å². The minimum absolute atomic E-state index is 0.837. The lowest BCUT2D eigenvalue weighted by molar-refractivity contribution is 1.05. The predicted octanol–water partition coefficient (Wildman–Crippen LogP) is 4.31. The van der Waals surface area contributed by atoms with Crippen molar-refractivity contribution in [3.63, 3.8) is 0 Å². The van der Waals surface area contributed by atoms with E-state index < -0.39 is 0 Å². The Morgan fingerprint density at radius 1 is 1.32 bits per heavy atom. The molecule has 5 heteroatoms. The van der Waals surface area contributed by atoms with Gasteiger partial charge in [0.1, 0.15) is 0 Å². The number of anilines is 1. The fourth-order valence-corrected chi connectivity index (χ4v) is 3.21. The normalized spacial score (nSPS) is 10.6. The molecule has 0 aliphatic rings. The molecule has 0 saturated carbocycles. The van der Waals surface area contributed by atoms with Crippen LogP contribution in [0, 0.1) is 0 Å². The molecule has 1 aromatic carbocycles. The highest BCUT2D eigenvalue weighted by atomic mass is 79.9. The molecule has 0 bridgehead atoms. The second-order valence-electron chi connectivity index (χ2n) is 4.11. The van der Waals surface area contributed by atoms with Gasteiger partial charge in [-0.3, -0.25) is 0 Å². The van der Waals surface area contributed by atoms with Crippen LogP contribution < -0.4 is 5.32 Å². The van der Waals surface area contributed by atoms with Crippen molar-refractivity contribution >= 4 is 33.0 Å². The summed E-state index contributed by atoms with van der Waals surface area (Å²) < 4.78 is 3.13. The minimum atomic E-state index is 0.837. The summed E-state index contributed by atoms with van der Waals surface area (Å²) in [5.74, 6) is 0. The van der Waals surface area contributed by atoms with E-state index in [1.54, 1.807) is 23.9 Å². The third-order valence-corrected chi connectivity index (χ3v) is 4.43. The van der Waals surface area contributed by atoms with Gasteiger partial charge in [-0.15, -0.1) is 11.3 Å². The second kappa shape index (κ2) is 5.59. The maximum Gasteiger partial charge on any atom is 0.0991 e. The molecule has 2 aromatic heterocycles. The summed E-state index contributed by atoms with van der Waals surface area (Å²) >= 11 is 5.21. The van der Waals surface area contributed by atoms with Gasteiger partial charge in [0.25, 0.3) is 0 Å². The maximum atomic E-state index is 4.06. The molecule has 0 unspecified atom stereocenters. The smallest absolute Gasteiger partial charge is 0.0991 e. The van der Waals surface area contributed by atoms with Gasteiger partial charge in [0.15, 0.2) is 0 Å². The largest absolute Gasteiger partial charge is 0.380 e. The molecule has 0 aliphatic carbocycles. The monoisotopic (exact) mass is 333 g/mol. The van der Waals surface area contributed by atoms with E-state index in [-0.39, 0.29) is 0 Å². The van der Waals surface area contributed by atoms with Gasteiger partial charge in [-0.25, -0.2) is 4.98 Å². The number of halogens is 1. The molecule has 96 valence electrons. The van der Waals surface area contributed by atoms with Crippen LogP contribution in [0.1, 0.15) is 4.88 Å². The van der Waals surface area contributed by atoms with Crippen molar-refractivity contribution in [1.82, 2.24) is 9.55 Å². The first kappa shape index (κ1) is 12.4. The van der Waals surface area contributed by atoms with Gasteiger partial charge in [-0.05, 0) is 40.2 Å². The molecule has 1 N–H and O–H groups in total. The number of benzene rings is 1. The zero-order valence-electron chi connectivity index (χ0n) is 10.1. The van der Waals surface area contributed by atoms with Crippen molar-refractivity contribution in [2.45, 2.75) is 6.54 Å². The highest BCUT2D eigenvalue weighted by Gasteiger charge is 2.00. The molecule has 3 rings (SSSR count). The number of nitrogens with zero attached hydrogens (tertiary/aromatic N) is 2. The van der Waals surface area contributed by atoms with Crippen LogP contribution in [0.5, 0.6) is 0 Å². The Balaban J connectivity index is 1.73. The lowest BCUT2D eigenvalue weighted by Gasteiger charge is -2.08. The van der Waals surface area contributed by atoms with Gasteiger partial charge in [-0.1, -0.05) is 6.07 Å². The number of nitrogens with one attached hydrogen (secondary N) is 1. The van der Waals surface area contributed by atoms with Crippen LogP contribution in [0.25, 0.3) is 5.69 Å². The van der Waals surface area contributed by atoms with Crippen LogP contribution in [0.3, 0.4) is 0 Å². The average Bonchev–Trinajstić information content (AvgIpc) is 3.08. The zero-order chi connectivity index (χ0) is 13.1. The second-order valence-corrected chi connectivity index (χ2v) is 6.02. The topological polar surface area (TPSA) is 29.9 Å². The summed E-state index contributed by atoms with van der Waals surface area (Å²) in [5.41, 5.74) is 2.21. The Hall–Kier alpha value is -1.59. The third-order valence-electron chi connectivity index (χ3n) is 2.74. The SMILES string of the molecule is Brc1csc(CNc2cccc(-n3ccnc3)c2)c1. The molecule has 0 fully saturated rings. The molecule has 3 aromatic rings. The Morgan fingerprint density at radius 2 is 2.26 bits per heavy atom.